The number of unbranched alkanes of at least 4 members (excludes halogenated alkanes) is 1. The van der Waals surface area contributed by atoms with E-state index in [2.05, 4.69) is 32.7 Å². The lowest BCUT2D eigenvalue weighted by Gasteiger charge is -2.14. The minimum atomic E-state index is 0.836. The molecule has 0 saturated heterocycles. The highest BCUT2D eigenvalue weighted by Crippen LogP contribution is 2.05. The zero-order valence-corrected chi connectivity index (χ0v) is 11.8. The lowest BCUT2D eigenvalue weighted by molar-refractivity contribution is 0.119. The molecule has 0 amide bonds. The summed E-state index contributed by atoms with van der Waals surface area (Å²) in [6, 6.07) is 0. The van der Waals surface area contributed by atoms with Gasteiger partial charge in [-0.25, -0.2) is 0 Å². The first kappa shape index (κ1) is 15.9. The van der Waals surface area contributed by atoms with Crippen LogP contribution in [0.25, 0.3) is 0 Å². The first-order valence-corrected chi connectivity index (χ1v) is 6.93. The third-order valence-electron chi connectivity index (χ3n) is 2.75. The lowest BCUT2D eigenvalue weighted by Crippen LogP contribution is -2.21. The molecule has 16 heavy (non-hydrogen) atoms. The summed E-state index contributed by atoms with van der Waals surface area (Å²) in [5, 5.41) is 0. The smallest absolute Gasteiger partial charge is 0.0478 e. The first-order valence-electron chi connectivity index (χ1n) is 6.93. The van der Waals surface area contributed by atoms with Gasteiger partial charge < -0.3 is 9.64 Å². The number of ether oxygens (including phenoxy) is 1. The van der Waals surface area contributed by atoms with Crippen LogP contribution in [-0.4, -0.2) is 38.3 Å². The van der Waals surface area contributed by atoms with Crippen LogP contribution in [0.2, 0.25) is 0 Å². The zero-order chi connectivity index (χ0) is 12.2. The SMILES string of the molecule is CCCN(C)CCCOCCCCC(C)C. The maximum Gasteiger partial charge on any atom is 0.0478 e. The van der Waals surface area contributed by atoms with Gasteiger partial charge in [0.25, 0.3) is 0 Å². The summed E-state index contributed by atoms with van der Waals surface area (Å²) in [7, 11) is 2.19. The predicted octanol–water partition coefficient (Wildman–Crippen LogP) is 3.56. The second-order valence-electron chi connectivity index (χ2n) is 5.16. The van der Waals surface area contributed by atoms with Crippen LogP contribution < -0.4 is 0 Å². The standard InChI is InChI=1S/C14H31NO/c1-5-10-15(4)11-8-13-16-12-7-6-9-14(2)3/h14H,5-13H2,1-4H3. The van der Waals surface area contributed by atoms with E-state index in [0.29, 0.717) is 0 Å². The average molecular weight is 229 g/mol. The van der Waals surface area contributed by atoms with E-state index >= 15 is 0 Å². The van der Waals surface area contributed by atoms with Crippen molar-refractivity contribution >= 4 is 0 Å². The molecule has 0 fully saturated rings. The van der Waals surface area contributed by atoms with E-state index in [-0.39, 0.29) is 0 Å². The predicted molar refractivity (Wildman–Crippen MR) is 71.9 cm³/mol. The van der Waals surface area contributed by atoms with Crippen LogP contribution in [0.15, 0.2) is 0 Å². The Hall–Kier alpha value is -0.0800. The van der Waals surface area contributed by atoms with Gasteiger partial charge in [0.15, 0.2) is 0 Å². The maximum absolute atomic E-state index is 5.62. The number of hydrogen-bond donors (Lipinski definition) is 0. The highest BCUT2D eigenvalue weighted by atomic mass is 16.5. The van der Waals surface area contributed by atoms with Gasteiger partial charge in [-0.3, -0.25) is 0 Å². The van der Waals surface area contributed by atoms with Crippen LogP contribution >= 0.6 is 0 Å². The number of hydrogen-bond acceptors (Lipinski definition) is 2. The van der Waals surface area contributed by atoms with Gasteiger partial charge in [0.2, 0.25) is 0 Å². The summed E-state index contributed by atoms with van der Waals surface area (Å²) in [4.78, 5) is 2.38. The monoisotopic (exact) mass is 229 g/mol. The van der Waals surface area contributed by atoms with Gasteiger partial charge in [-0.2, -0.15) is 0 Å². The van der Waals surface area contributed by atoms with Crippen LogP contribution in [-0.2, 0) is 4.74 Å². The van der Waals surface area contributed by atoms with Crippen molar-refractivity contribution in [1.82, 2.24) is 4.90 Å². The fraction of sp³-hybridized carbons (Fsp3) is 1.00. The molecule has 0 aromatic rings. The number of nitrogens with zero attached hydrogens (tertiary/aromatic N) is 1. The molecule has 0 bridgehead atoms. The molecule has 2 heteroatoms. The van der Waals surface area contributed by atoms with E-state index in [1.165, 1.54) is 45.2 Å². The van der Waals surface area contributed by atoms with Gasteiger partial charge in [-0.05, 0) is 38.8 Å². The van der Waals surface area contributed by atoms with Gasteiger partial charge in [0.05, 0.1) is 0 Å². The maximum atomic E-state index is 5.62. The van der Waals surface area contributed by atoms with Gasteiger partial charge in [-0.1, -0.05) is 33.6 Å². The quantitative estimate of drug-likeness (QED) is 0.502. The Bertz CT molecular complexity index is 137. The van der Waals surface area contributed by atoms with Crippen molar-refractivity contribution in [3.05, 3.63) is 0 Å². The molecule has 0 aliphatic carbocycles. The lowest BCUT2D eigenvalue weighted by atomic mass is 10.1. The summed E-state index contributed by atoms with van der Waals surface area (Å²) < 4.78 is 5.62. The summed E-state index contributed by atoms with van der Waals surface area (Å²) in [5.41, 5.74) is 0. The van der Waals surface area contributed by atoms with Gasteiger partial charge in [-0.15, -0.1) is 0 Å². The topological polar surface area (TPSA) is 12.5 Å². The fourth-order valence-electron chi connectivity index (χ4n) is 1.79. The Morgan fingerprint density at radius 3 is 2.31 bits per heavy atom. The van der Waals surface area contributed by atoms with E-state index in [0.717, 1.165) is 19.1 Å². The first-order chi connectivity index (χ1) is 7.66. The second kappa shape index (κ2) is 11.4. The fourth-order valence-corrected chi connectivity index (χ4v) is 1.79. The molecule has 2 nitrogen and oxygen atoms in total. The molecule has 0 saturated carbocycles. The molecule has 98 valence electrons. The molecule has 0 heterocycles. The van der Waals surface area contributed by atoms with Crippen molar-refractivity contribution in [2.24, 2.45) is 5.92 Å². The minimum Gasteiger partial charge on any atom is -0.381 e. The molecule has 0 rings (SSSR count). The number of rotatable bonds is 11. The summed E-state index contributed by atoms with van der Waals surface area (Å²) >= 11 is 0. The molecule has 0 aliphatic rings. The Kier molecular flexibility index (Phi) is 11.3. The Morgan fingerprint density at radius 2 is 1.69 bits per heavy atom. The molecule has 0 aliphatic heterocycles. The van der Waals surface area contributed by atoms with E-state index in [9.17, 15) is 0 Å². The van der Waals surface area contributed by atoms with Crippen LogP contribution in [0.4, 0.5) is 0 Å². The third-order valence-corrected chi connectivity index (χ3v) is 2.75. The molecule has 0 unspecified atom stereocenters. The Balaban J connectivity index is 3.04. The van der Waals surface area contributed by atoms with Crippen molar-refractivity contribution in [3.8, 4) is 0 Å². The Morgan fingerprint density at radius 1 is 1.00 bits per heavy atom. The largest absolute Gasteiger partial charge is 0.381 e. The summed E-state index contributed by atoms with van der Waals surface area (Å²) in [6.45, 7) is 11.0. The van der Waals surface area contributed by atoms with Gasteiger partial charge in [0, 0.05) is 19.8 Å². The van der Waals surface area contributed by atoms with Crippen LogP contribution in [0.3, 0.4) is 0 Å². The second-order valence-corrected chi connectivity index (χ2v) is 5.16. The normalized spacial score (nSPS) is 11.6. The third kappa shape index (κ3) is 12.0. The van der Waals surface area contributed by atoms with Crippen molar-refractivity contribution in [1.29, 1.82) is 0 Å². The minimum absolute atomic E-state index is 0.836. The molecule has 0 spiro atoms. The molecular weight excluding hydrogens is 198 g/mol. The molecule has 0 aromatic carbocycles. The van der Waals surface area contributed by atoms with Gasteiger partial charge >= 0.3 is 0 Å². The molecule has 0 aromatic heterocycles. The molecule has 0 radical (unpaired) electrons. The van der Waals surface area contributed by atoms with Crippen molar-refractivity contribution in [2.45, 2.75) is 52.9 Å². The zero-order valence-electron chi connectivity index (χ0n) is 11.8. The highest BCUT2D eigenvalue weighted by Gasteiger charge is 1.97. The van der Waals surface area contributed by atoms with Crippen molar-refractivity contribution in [3.63, 3.8) is 0 Å². The van der Waals surface area contributed by atoms with Crippen LogP contribution in [0, 0.1) is 5.92 Å². The Labute approximate surface area is 102 Å². The van der Waals surface area contributed by atoms with E-state index < -0.39 is 0 Å². The van der Waals surface area contributed by atoms with Crippen molar-refractivity contribution in [2.75, 3.05) is 33.4 Å². The average Bonchev–Trinajstić information content (AvgIpc) is 2.22. The van der Waals surface area contributed by atoms with Gasteiger partial charge in [0.1, 0.15) is 0 Å². The van der Waals surface area contributed by atoms with E-state index in [1.54, 1.807) is 0 Å². The molecular formula is C14H31NO. The highest BCUT2D eigenvalue weighted by molar-refractivity contribution is 4.50. The molecule has 0 atom stereocenters. The van der Waals surface area contributed by atoms with Crippen LogP contribution in [0.5, 0.6) is 0 Å². The van der Waals surface area contributed by atoms with E-state index in [1.807, 2.05) is 0 Å². The summed E-state index contributed by atoms with van der Waals surface area (Å²) in [6.07, 6.45) is 6.28. The van der Waals surface area contributed by atoms with Crippen LogP contribution in [0.1, 0.15) is 52.9 Å². The molecule has 0 N–H and O–H groups in total. The van der Waals surface area contributed by atoms with Crippen molar-refractivity contribution < 1.29 is 4.74 Å². The van der Waals surface area contributed by atoms with E-state index in [4.69, 9.17) is 4.74 Å². The summed E-state index contributed by atoms with van der Waals surface area (Å²) in [5.74, 6) is 0.836.